The number of hydrogen-bond donors (Lipinski definition) is 1. The summed E-state index contributed by atoms with van der Waals surface area (Å²) in [6.07, 6.45) is 2.91. The Bertz CT molecular complexity index is 407. The first kappa shape index (κ1) is 13.5. The van der Waals surface area contributed by atoms with Crippen LogP contribution in [0.3, 0.4) is 0 Å². The molecule has 1 aromatic rings. The Balaban J connectivity index is 1.86. The molecule has 1 amide bonds. The van der Waals surface area contributed by atoms with Crippen molar-refractivity contribution in [3.05, 3.63) is 10.6 Å². The van der Waals surface area contributed by atoms with Crippen molar-refractivity contribution in [3.63, 3.8) is 0 Å². The Morgan fingerprint density at radius 3 is 2.89 bits per heavy atom. The number of hydrogen-bond acceptors (Lipinski definition) is 4. The van der Waals surface area contributed by atoms with E-state index in [1.807, 2.05) is 0 Å². The molecule has 0 fully saturated rings. The lowest BCUT2D eigenvalue weighted by molar-refractivity contribution is -0.126. The molecule has 2 rings (SSSR count). The van der Waals surface area contributed by atoms with E-state index in [9.17, 15) is 4.79 Å². The van der Waals surface area contributed by atoms with E-state index in [1.54, 1.807) is 18.3 Å². The highest BCUT2D eigenvalue weighted by atomic mass is 32.1. The number of thiazole rings is 1. The summed E-state index contributed by atoms with van der Waals surface area (Å²) in [5.41, 5.74) is 1.16. The number of carbonyl (C=O) groups excluding carboxylic acids is 1. The minimum atomic E-state index is -0.425. The topological polar surface area (TPSA) is 51.2 Å². The van der Waals surface area contributed by atoms with Crippen LogP contribution < -0.4 is 5.32 Å². The molecule has 1 aliphatic rings. The lowest BCUT2D eigenvalue weighted by Crippen LogP contribution is -2.28. The molecule has 5 heteroatoms. The Kier molecular flexibility index (Phi) is 4.35. The predicted octanol–water partition coefficient (Wildman–Crippen LogP) is 2.63. The van der Waals surface area contributed by atoms with Crippen LogP contribution in [-0.4, -0.2) is 23.6 Å². The van der Waals surface area contributed by atoms with Gasteiger partial charge in [0.1, 0.15) is 6.10 Å². The lowest BCUT2D eigenvalue weighted by atomic mass is 10.2. The number of aromatic nitrogens is 1. The highest BCUT2D eigenvalue weighted by molar-refractivity contribution is 7.15. The monoisotopic (exact) mass is 268 g/mol. The van der Waals surface area contributed by atoms with Crippen LogP contribution in [0.1, 0.15) is 37.8 Å². The van der Waals surface area contributed by atoms with Crippen molar-refractivity contribution in [3.8, 4) is 0 Å². The highest BCUT2D eigenvalue weighted by Gasteiger charge is 2.20. The van der Waals surface area contributed by atoms with Gasteiger partial charge in [0.2, 0.25) is 0 Å². The van der Waals surface area contributed by atoms with Gasteiger partial charge in [0.05, 0.1) is 5.69 Å². The third-order valence-electron chi connectivity index (χ3n) is 2.87. The van der Waals surface area contributed by atoms with E-state index >= 15 is 0 Å². The van der Waals surface area contributed by atoms with Crippen LogP contribution in [0.15, 0.2) is 0 Å². The van der Waals surface area contributed by atoms with Crippen molar-refractivity contribution in [2.45, 2.75) is 46.1 Å². The molecule has 0 saturated carbocycles. The van der Waals surface area contributed by atoms with E-state index in [0.717, 1.165) is 18.5 Å². The summed E-state index contributed by atoms with van der Waals surface area (Å²) in [5, 5.41) is 3.55. The molecule has 1 atom stereocenters. The second-order valence-corrected chi connectivity index (χ2v) is 6.18. The SMILES string of the molecule is CC(C)CO[C@@H](C)C(=O)Nc1nc2c(s1)CCC2. The van der Waals surface area contributed by atoms with Gasteiger partial charge >= 0.3 is 0 Å². The Hall–Kier alpha value is -0.940. The predicted molar refractivity (Wildman–Crippen MR) is 73.0 cm³/mol. The summed E-state index contributed by atoms with van der Waals surface area (Å²) >= 11 is 1.59. The summed E-state index contributed by atoms with van der Waals surface area (Å²) in [4.78, 5) is 17.6. The van der Waals surface area contributed by atoms with E-state index in [1.165, 1.54) is 11.3 Å². The fourth-order valence-corrected chi connectivity index (χ4v) is 2.92. The molecule has 0 unspecified atom stereocenters. The average Bonchev–Trinajstić information content (AvgIpc) is 2.85. The lowest BCUT2D eigenvalue weighted by Gasteiger charge is -2.13. The van der Waals surface area contributed by atoms with Gasteiger partial charge in [-0.05, 0) is 32.1 Å². The summed E-state index contributed by atoms with van der Waals surface area (Å²) in [6.45, 7) is 6.51. The number of amides is 1. The second-order valence-electron chi connectivity index (χ2n) is 5.10. The van der Waals surface area contributed by atoms with Crippen LogP contribution >= 0.6 is 11.3 Å². The molecule has 0 aliphatic heterocycles. The third-order valence-corrected chi connectivity index (χ3v) is 3.95. The standard InChI is InChI=1S/C13H20N2O2S/c1-8(2)7-17-9(3)12(16)15-13-14-10-5-4-6-11(10)18-13/h8-9H,4-7H2,1-3H3,(H,14,15,16)/t9-/m0/s1. The fourth-order valence-electron chi connectivity index (χ4n) is 1.86. The number of anilines is 1. The smallest absolute Gasteiger partial charge is 0.254 e. The Labute approximate surface area is 112 Å². The van der Waals surface area contributed by atoms with Gasteiger partial charge in [-0.3, -0.25) is 10.1 Å². The quantitative estimate of drug-likeness (QED) is 0.893. The van der Waals surface area contributed by atoms with Gasteiger partial charge in [0.25, 0.3) is 5.91 Å². The third kappa shape index (κ3) is 3.29. The normalized spacial score (nSPS) is 15.8. The largest absolute Gasteiger partial charge is 0.368 e. The summed E-state index contributed by atoms with van der Waals surface area (Å²) in [7, 11) is 0. The van der Waals surface area contributed by atoms with Gasteiger partial charge in [0, 0.05) is 11.5 Å². The van der Waals surface area contributed by atoms with Gasteiger partial charge in [-0.15, -0.1) is 11.3 Å². The van der Waals surface area contributed by atoms with Crippen molar-refractivity contribution in [2.75, 3.05) is 11.9 Å². The summed E-state index contributed by atoms with van der Waals surface area (Å²) in [6, 6.07) is 0. The number of nitrogens with one attached hydrogen (secondary N) is 1. The van der Waals surface area contributed by atoms with Crippen molar-refractivity contribution >= 4 is 22.4 Å². The van der Waals surface area contributed by atoms with E-state index in [4.69, 9.17) is 4.74 Å². The van der Waals surface area contributed by atoms with Crippen LogP contribution in [0.25, 0.3) is 0 Å². The van der Waals surface area contributed by atoms with Gasteiger partial charge in [-0.2, -0.15) is 0 Å². The molecule has 1 heterocycles. The van der Waals surface area contributed by atoms with Crippen molar-refractivity contribution < 1.29 is 9.53 Å². The van der Waals surface area contributed by atoms with Crippen LogP contribution in [0.2, 0.25) is 0 Å². The molecular weight excluding hydrogens is 248 g/mol. The van der Waals surface area contributed by atoms with E-state index < -0.39 is 6.10 Å². The Morgan fingerprint density at radius 2 is 2.22 bits per heavy atom. The molecule has 1 aliphatic carbocycles. The maximum atomic E-state index is 11.9. The molecule has 1 N–H and O–H groups in total. The second kappa shape index (κ2) is 5.80. The summed E-state index contributed by atoms with van der Waals surface area (Å²) < 4.78 is 5.48. The van der Waals surface area contributed by atoms with Crippen LogP contribution in [0.5, 0.6) is 0 Å². The Morgan fingerprint density at radius 1 is 1.44 bits per heavy atom. The number of aryl methyl sites for hydroxylation is 2. The molecule has 0 aromatic carbocycles. The van der Waals surface area contributed by atoms with Crippen LogP contribution in [0.4, 0.5) is 5.13 Å². The number of carbonyl (C=O) groups is 1. The van der Waals surface area contributed by atoms with Crippen molar-refractivity contribution in [2.24, 2.45) is 5.92 Å². The molecule has 0 bridgehead atoms. The van der Waals surface area contributed by atoms with Gasteiger partial charge < -0.3 is 4.74 Å². The average molecular weight is 268 g/mol. The minimum absolute atomic E-state index is 0.108. The molecule has 4 nitrogen and oxygen atoms in total. The fraction of sp³-hybridized carbons (Fsp3) is 0.692. The van der Waals surface area contributed by atoms with Crippen molar-refractivity contribution in [1.82, 2.24) is 4.98 Å². The first-order valence-electron chi connectivity index (χ1n) is 6.47. The van der Waals surface area contributed by atoms with Crippen molar-refractivity contribution in [1.29, 1.82) is 0 Å². The van der Waals surface area contributed by atoms with Crippen LogP contribution in [-0.2, 0) is 22.4 Å². The van der Waals surface area contributed by atoms with E-state index in [0.29, 0.717) is 17.7 Å². The molecular formula is C13H20N2O2S. The maximum Gasteiger partial charge on any atom is 0.254 e. The highest BCUT2D eigenvalue weighted by Crippen LogP contribution is 2.30. The van der Waals surface area contributed by atoms with Gasteiger partial charge in [-0.1, -0.05) is 13.8 Å². The molecule has 0 saturated heterocycles. The number of fused-ring (bicyclic) bond motifs is 1. The molecule has 0 spiro atoms. The minimum Gasteiger partial charge on any atom is -0.368 e. The molecule has 18 heavy (non-hydrogen) atoms. The number of ether oxygens (including phenoxy) is 1. The van der Waals surface area contributed by atoms with Gasteiger partial charge in [-0.25, -0.2) is 4.98 Å². The van der Waals surface area contributed by atoms with Crippen LogP contribution in [0, 0.1) is 5.92 Å². The van der Waals surface area contributed by atoms with E-state index in [2.05, 4.69) is 24.1 Å². The zero-order chi connectivity index (χ0) is 13.1. The zero-order valence-corrected chi connectivity index (χ0v) is 12.0. The number of rotatable bonds is 5. The van der Waals surface area contributed by atoms with Gasteiger partial charge in [0.15, 0.2) is 5.13 Å². The molecule has 0 radical (unpaired) electrons. The maximum absolute atomic E-state index is 11.9. The first-order valence-corrected chi connectivity index (χ1v) is 7.29. The molecule has 100 valence electrons. The first-order chi connectivity index (χ1) is 8.56. The zero-order valence-electron chi connectivity index (χ0n) is 11.2. The van der Waals surface area contributed by atoms with E-state index in [-0.39, 0.29) is 5.91 Å². The number of nitrogens with zero attached hydrogens (tertiary/aromatic N) is 1. The molecule has 1 aromatic heterocycles. The summed E-state index contributed by atoms with van der Waals surface area (Å²) in [5.74, 6) is 0.326.